The van der Waals surface area contributed by atoms with Gasteiger partial charge in [0.1, 0.15) is 12.4 Å². The van der Waals surface area contributed by atoms with E-state index in [2.05, 4.69) is 27.7 Å². The number of rotatable bonds is 8. The molecule has 2 aromatic carbocycles. The lowest BCUT2D eigenvalue weighted by molar-refractivity contribution is 0.146. The minimum absolute atomic E-state index is 0.377. The van der Waals surface area contributed by atoms with Crippen LogP contribution in [0.2, 0.25) is 10.0 Å². The van der Waals surface area contributed by atoms with Gasteiger partial charge in [-0.3, -0.25) is 0 Å². The van der Waals surface area contributed by atoms with Crippen molar-refractivity contribution in [1.29, 1.82) is 0 Å². The molecule has 0 unspecified atom stereocenters. The molecule has 0 radical (unpaired) electrons. The molecule has 0 bridgehead atoms. The second kappa shape index (κ2) is 9.23. The van der Waals surface area contributed by atoms with Crippen LogP contribution >= 0.6 is 35.0 Å². The molecule has 26 heavy (non-hydrogen) atoms. The molecule has 0 N–H and O–H groups in total. The van der Waals surface area contributed by atoms with Gasteiger partial charge in [0.25, 0.3) is 0 Å². The second-order valence-corrected chi connectivity index (χ2v) is 6.98. The first-order valence-electron chi connectivity index (χ1n) is 7.75. The maximum absolute atomic E-state index is 6.35. The zero-order valence-corrected chi connectivity index (χ0v) is 16.3. The Morgan fingerprint density at radius 2 is 1.88 bits per heavy atom. The van der Waals surface area contributed by atoms with Gasteiger partial charge in [-0.15, -0.1) is 5.10 Å². The van der Waals surface area contributed by atoms with E-state index in [1.165, 1.54) is 17.3 Å². The van der Waals surface area contributed by atoms with Gasteiger partial charge in [-0.05, 0) is 22.1 Å². The molecule has 0 atom stereocenters. The topological polar surface area (TPSA) is 62.1 Å². The molecule has 0 saturated heterocycles. The lowest BCUT2D eigenvalue weighted by Gasteiger charge is -2.12. The Morgan fingerprint density at radius 3 is 2.65 bits per heavy atom. The first-order chi connectivity index (χ1) is 12.7. The van der Waals surface area contributed by atoms with Crippen molar-refractivity contribution in [3.05, 3.63) is 58.1 Å². The lowest BCUT2D eigenvalue weighted by Crippen LogP contribution is -2.06. The number of aromatic nitrogens is 4. The van der Waals surface area contributed by atoms with Crippen LogP contribution in [0.25, 0.3) is 5.69 Å². The molecule has 0 aliphatic carbocycles. The summed E-state index contributed by atoms with van der Waals surface area (Å²) in [6, 6.07) is 13.4. The summed E-state index contributed by atoms with van der Waals surface area (Å²) in [6.07, 6.45) is 0. The molecule has 0 aliphatic rings. The smallest absolute Gasteiger partial charge is 0.214 e. The molecule has 1 aromatic heterocycles. The molecular formula is C17H16Cl2N4O2S. The molecule has 3 rings (SSSR count). The van der Waals surface area contributed by atoms with E-state index in [1.54, 1.807) is 23.9 Å². The van der Waals surface area contributed by atoms with Crippen molar-refractivity contribution in [2.24, 2.45) is 0 Å². The van der Waals surface area contributed by atoms with Gasteiger partial charge in [0, 0.05) is 18.9 Å². The summed E-state index contributed by atoms with van der Waals surface area (Å²) in [6.45, 7) is 0.833. The number of ether oxygens (including phenoxy) is 2. The molecule has 1 heterocycles. The average Bonchev–Trinajstić information content (AvgIpc) is 3.11. The minimum Gasteiger partial charge on any atom is -0.490 e. The third-order valence-electron chi connectivity index (χ3n) is 3.43. The summed E-state index contributed by atoms with van der Waals surface area (Å²) in [4.78, 5) is 0. The standard InChI is InChI=1S/C17H16Cl2N4O2S/c1-24-7-8-25-16-10-15(13(18)9-14(16)19)23-17(20-21-22-23)26-11-12-5-3-2-4-6-12/h2-6,9-10H,7-8,11H2,1H3. The summed E-state index contributed by atoms with van der Waals surface area (Å²) < 4.78 is 12.2. The summed E-state index contributed by atoms with van der Waals surface area (Å²) in [5.41, 5.74) is 1.78. The molecule has 0 spiro atoms. The van der Waals surface area contributed by atoms with Crippen LogP contribution in [0.5, 0.6) is 5.75 Å². The Kier molecular flexibility index (Phi) is 6.73. The van der Waals surface area contributed by atoms with E-state index in [0.717, 1.165) is 5.75 Å². The van der Waals surface area contributed by atoms with E-state index in [0.29, 0.717) is 39.9 Å². The Labute approximate surface area is 165 Å². The van der Waals surface area contributed by atoms with Gasteiger partial charge in [-0.25, -0.2) is 0 Å². The number of halogens is 2. The normalized spacial score (nSPS) is 10.9. The van der Waals surface area contributed by atoms with Crippen molar-refractivity contribution >= 4 is 35.0 Å². The highest BCUT2D eigenvalue weighted by atomic mass is 35.5. The number of thioether (sulfide) groups is 1. The summed E-state index contributed by atoms with van der Waals surface area (Å²) >= 11 is 14.1. The zero-order chi connectivity index (χ0) is 18.4. The first-order valence-corrected chi connectivity index (χ1v) is 9.49. The number of hydrogen-bond donors (Lipinski definition) is 0. The monoisotopic (exact) mass is 410 g/mol. The van der Waals surface area contributed by atoms with Crippen LogP contribution in [0, 0.1) is 0 Å². The fourth-order valence-corrected chi connectivity index (χ4v) is 3.53. The second-order valence-electron chi connectivity index (χ2n) is 5.22. The Morgan fingerprint density at radius 1 is 1.08 bits per heavy atom. The quantitative estimate of drug-likeness (QED) is 0.407. The molecule has 6 nitrogen and oxygen atoms in total. The number of nitrogens with zero attached hydrogens (tertiary/aromatic N) is 4. The van der Waals surface area contributed by atoms with Crippen molar-refractivity contribution in [1.82, 2.24) is 20.2 Å². The van der Waals surface area contributed by atoms with Crippen molar-refractivity contribution in [3.63, 3.8) is 0 Å². The fourth-order valence-electron chi connectivity index (χ4n) is 2.17. The molecule has 9 heteroatoms. The summed E-state index contributed by atoms with van der Waals surface area (Å²) in [7, 11) is 1.61. The van der Waals surface area contributed by atoms with Crippen LogP contribution in [-0.4, -0.2) is 40.5 Å². The van der Waals surface area contributed by atoms with Gasteiger partial charge in [0.2, 0.25) is 5.16 Å². The van der Waals surface area contributed by atoms with E-state index in [-0.39, 0.29) is 0 Å². The average molecular weight is 411 g/mol. The number of hydrogen-bond acceptors (Lipinski definition) is 6. The third kappa shape index (κ3) is 4.67. The highest BCUT2D eigenvalue weighted by Crippen LogP contribution is 2.34. The van der Waals surface area contributed by atoms with Gasteiger partial charge in [0.15, 0.2) is 0 Å². The maximum atomic E-state index is 6.35. The van der Waals surface area contributed by atoms with Crippen molar-refractivity contribution < 1.29 is 9.47 Å². The van der Waals surface area contributed by atoms with Crippen molar-refractivity contribution in [2.45, 2.75) is 10.9 Å². The van der Waals surface area contributed by atoms with Crippen molar-refractivity contribution in [2.75, 3.05) is 20.3 Å². The molecule has 136 valence electrons. The van der Waals surface area contributed by atoms with Gasteiger partial charge in [-0.2, -0.15) is 4.68 Å². The van der Waals surface area contributed by atoms with Crippen LogP contribution in [0.1, 0.15) is 5.56 Å². The highest BCUT2D eigenvalue weighted by Gasteiger charge is 2.16. The van der Waals surface area contributed by atoms with Gasteiger partial charge in [0.05, 0.1) is 22.3 Å². The zero-order valence-electron chi connectivity index (χ0n) is 13.9. The predicted octanol–water partition coefficient (Wildman–Crippen LogP) is 4.29. The summed E-state index contributed by atoms with van der Waals surface area (Å²) in [5, 5.41) is 13.4. The third-order valence-corrected chi connectivity index (χ3v) is 5.01. The van der Waals surface area contributed by atoms with Crippen LogP contribution in [0.15, 0.2) is 47.6 Å². The van der Waals surface area contributed by atoms with Gasteiger partial charge in [-0.1, -0.05) is 65.3 Å². The first kappa shape index (κ1) is 19.0. The molecule has 0 fully saturated rings. The molecule has 0 saturated carbocycles. The Hall–Kier alpha value is -1.80. The minimum atomic E-state index is 0.377. The van der Waals surface area contributed by atoms with Gasteiger partial charge >= 0.3 is 0 Å². The molecule has 0 aliphatic heterocycles. The van der Waals surface area contributed by atoms with Crippen LogP contribution < -0.4 is 4.74 Å². The maximum Gasteiger partial charge on any atom is 0.214 e. The van der Waals surface area contributed by atoms with E-state index in [9.17, 15) is 0 Å². The Bertz CT molecular complexity index is 861. The number of tetrazole rings is 1. The summed E-state index contributed by atoms with van der Waals surface area (Å²) in [5.74, 6) is 1.24. The molecular weight excluding hydrogens is 395 g/mol. The fraction of sp³-hybridized carbons (Fsp3) is 0.235. The SMILES string of the molecule is COCCOc1cc(-n2nnnc2SCc2ccccc2)c(Cl)cc1Cl. The van der Waals surface area contributed by atoms with E-state index in [4.69, 9.17) is 32.7 Å². The Balaban J connectivity index is 1.82. The predicted molar refractivity (Wildman–Crippen MR) is 103 cm³/mol. The number of methoxy groups -OCH3 is 1. The van der Waals surface area contributed by atoms with Gasteiger partial charge < -0.3 is 9.47 Å². The number of benzene rings is 2. The van der Waals surface area contributed by atoms with Crippen LogP contribution in [-0.2, 0) is 10.5 Å². The van der Waals surface area contributed by atoms with E-state index >= 15 is 0 Å². The van der Waals surface area contributed by atoms with Crippen LogP contribution in [0.4, 0.5) is 0 Å². The van der Waals surface area contributed by atoms with Crippen LogP contribution in [0.3, 0.4) is 0 Å². The van der Waals surface area contributed by atoms with Crippen molar-refractivity contribution in [3.8, 4) is 11.4 Å². The van der Waals surface area contributed by atoms with E-state index < -0.39 is 0 Å². The largest absolute Gasteiger partial charge is 0.490 e. The highest BCUT2D eigenvalue weighted by molar-refractivity contribution is 7.98. The lowest BCUT2D eigenvalue weighted by atomic mass is 10.2. The molecule has 0 amide bonds. The molecule has 3 aromatic rings. The van der Waals surface area contributed by atoms with E-state index in [1.807, 2.05) is 18.2 Å².